The first kappa shape index (κ1) is 8.97. The predicted octanol–water partition coefficient (Wildman–Crippen LogP) is 0.298. The van der Waals surface area contributed by atoms with Crippen molar-refractivity contribution in [1.82, 2.24) is 5.32 Å². The molecule has 1 radical (unpaired) electrons. The first-order chi connectivity index (χ1) is 5.33. The normalized spacial score (nSPS) is 23.5. The summed E-state index contributed by atoms with van der Waals surface area (Å²) < 4.78 is 5.18. The molecule has 0 aromatic rings. The molecule has 0 bridgehead atoms. The van der Waals surface area contributed by atoms with E-state index >= 15 is 0 Å². The lowest BCUT2D eigenvalue weighted by molar-refractivity contribution is 0.0502. The minimum atomic E-state index is -0.446. The van der Waals surface area contributed by atoms with Gasteiger partial charge in [-0.15, -0.1) is 0 Å². The zero-order chi connectivity index (χ0) is 8.10. The van der Waals surface area contributed by atoms with Crippen molar-refractivity contribution in [2.45, 2.75) is 31.5 Å². The highest BCUT2D eigenvalue weighted by atomic mass is 16.5. The molecule has 1 rings (SSSR count). The van der Waals surface area contributed by atoms with Gasteiger partial charge in [0, 0.05) is 19.3 Å². The molecule has 0 spiro atoms. The van der Waals surface area contributed by atoms with Crippen LogP contribution >= 0.6 is 0 Å². The summed E-state index contributed by atoms with van der Waals surface area (Å²) >= 11 is 0. The van der Waals surface area contributed by atoms with Crippen molar-refractivity contribution in [3.63, 3.8) is 0 Å². The highest BCUT2D eigenvalue weighted by molar-refractivity contribution is 4.71. The molecule has 1 aliphatic rings. The zero-order valence-electron chi connectivity index (χ0n) is 6.75. The van der Waals surface area contributed by atoms with E-state index in [0.29, 0.717) is 12.5 Å². The Hall–Kier alpha value is -0.120. The summed E-state index contributed by atoms with van der Waals surface area (Å²) in [5.74, 6) is 0. The molecule has 1 unspecified atom stereocenters. The van der Waals surface area contributed by atoms with Gasteiger partial charge in [-0.3, -0.25) is 5.32 Å². The van der Waals surface area contributed by atoms with Gasteiger partial charge in [0.15, 0.2) is 0 Å². The zero-order valence-corrected chi connectivity index (χ0v) is 6.75. The van der Waals surface area contributed by atoms with Crippen molar-refractivity contribution in [3.8, 4) is 0 Å². The van der Waals surface area contributed by atoms with Gasteiger partial charge >= 0.3 is 0 Å². The Labute approximate surface area is 67.7 Å². The van der Waals surface area contributed by atoms with E-state index in [2.05, 4.69) is 12.2 Å². The van der Waals surface area contributed by atoms with E-state index in [1.807, 2.05) is 0 Å². The maximum atomic E-state index is 9.20. The number of nitrogens with one attached hydrogen (secondary N) is 1. The lowest BCUT2D eigenvalue weighted by Gasteiger charge is -2.25. The molecule has 0 aromatic heterocycles. The molecule has 1 aliphatic heterocycles. The van der Waals surface area contributed by atoms with Crippen molar-refractivity contribution >= 4 is 0 Å². The van der Waals surface area contributed by atoms with Crippen LogP contribution in [0.25, 0.3) is 0 Å². The van der Waals surface area contributed by atoms with Gasteiger partial charge in [0.1, 0.15) is 6.23 Å². The largest absolute Gasteiger partial charge is 0.381 e. The quantitative estimate of drug-likeness (QED) is 0.580. The van der Waals surface area contributed by atoms with Crippen LogP contribution in [-0.4, -0.2) is 30.6 Å². The van der Waals surface area contributed by atoms with Crippen molar-refractivity contribution in [2.24, 2.45) is 0 Å². The average molecular weight is 158 g/mol. The monoisotopic (exact) mass is 158 g/mol. The maximum Gasteiger partial charge on any atom is 0.105 e. The molecule has 1 heterocycles. The number of ether oxygens (including phenoxy) is 1. The molecular weight excluding hydrogens is 142 g/mol. The lowest BCUT2D eigenvalue weighted by Crippen LogP contribution is -2.41. The number of aliphatic hydroxyl groups excluding tert-OH is 1. The van der Waals surface area contributed by atoms with E-state index in [1.165, 1.54) is 0 Å². The van der Waals surface area contributed by atoms with Crippen molar-refractivity contribution in [3.05, 3.63) is 6.92 Å². The Morgan fingerprint density at radius 2 is 2.18 bits per heavy atom. The Morgan fingerprint density at radius 1 is 1.55 bits per heavy atom. The van der Waals surface area contributed by atoms with Gasteiger partial charge in [-0.1, -0.05) is 0 Å². The van der Waals surface area contributed by atoms with Crippen molar-refractivity contribution in [1.29, 1.82) is 0 Å². The number of rotatable bonds is 3. The summed E-state index contributed by atoms with van der Waals surface area (Å²) in [7, 11) is 0. The molecule has 1 fully saturated rings. The van der Waals surface area contributed by atoms with Crippen molar-refractivity contribution < 1.29 is 9.84 Å². The average Bonchev–Trinajstić information content (AvgIpc) is 2.06. The van der Waals surface area contributed by atoms with Gasteiger partial charge in [0.05, 0.1) is 0 Å². The summed E-state index contributed by atoms with van der Waals surface area (Å²) in [4.78, 5) is 0. The van der Waals surface area contributed by atoms with Crippen LogP contribution < -0.4 is 5.32 Å². The molecule has 0 saturated carbocycles. The van der Waals surface area contributed by atoms with Crippen LogP contribution in [0.5, 0.6) is 0 Å². The van der Waals surface area contributed by atoms with E-state index in [0.717, 1.165) is 26.1 Å². The lowest BCUT2D eigenvalue weighted by atomic mass is 10.1. The maximum absolute atomic E-state index is 9.20. The Morgan fingerprint density at radius 3 is 2.73 bits per heavy atom. The molecule has 0 aromatic carbocycles. The Bertz CT molecular complexity index is 102. The predicted molar refractivity (Wildman–Crippen MR) is 43.0 cm³/mol. The second kappa shape index (κ2) is 4.70. The van der Waals surface area contributed by atoms with E-state index in [9.17, 15) is 5.11 Å². The first-order valence-corrected chi connectivity index (χ1v) is 4.14. The van der Waals surface area contributed by atoms with Crippen LogP contribution in [0.3, 0.4) is 0 Å². The molecule has 11 heavy (non-hydrogen) atoms. The number of aliphatic hydroxyl groups is 1. The van der Waals surface area contributed by atoms with E-state index in [1.54, 1.807) is 0 Å². The topological polar surface area (TPSA) is 41.5 Å². The standard InChI is InChI=1S/C8H16NO2/c1-2-8(10)9-7-3-5-11-6-4-7/h7-10H,1-6H2. The Balaban J connectivity index is 2.13. The van der Waals surface area contributed by atoms with Gasteiger partial charge in [-0.25, -0.2) is 0 Å². The number of hydrogen-bond donors (Lipinski definition) is 2. The fraction of sp³-hybridized carbons (Fsp3) is 0.875. The van der Waals surface area contributed by atoms with E-state index < -0.39 is 6.23 Å². The molecule has 1 atom stereocenters. The third-order valence-corrected chi connectivity index (χ3v) is 1.92. The van der Waals surface area contributed by atoms with Gasteiger partial charge in [0.2, 0.25) is 0 Å². The Kier molecular flexibility index (Phi) is 3.83. The fourth-order valence-electron chi connectivity index (χ4n) is 1.22. The molecular formula is C8H16NO2. The SMILES string of the molecule is [CH2]CC(O)NC1CCOCC1. The van der Waals surface area contributed by atoms with Gasteiger partial charge < -0.3 is 9.84 Å². The minimum absolute atomic E-state index is 0.417. The number of hydrogen-bond acceptors (Lipinski definition) is 3. The summed E-state index contributed by atoms with van der Waals surface area (Å²) in [5, 5.41) is 12.3. The van der Waals surface area contributed by atoms with Gasteiger partial charge in [-0.05, 0) is 26.2 Å². The van der Waals surface area contributed by atoms with Crippen LogP contribution in [-0.2, 0) is 4.74 Å². The highest BCUT2D eigenvalue weighted by Crippen LogP contribution is 2.06. The second-order valence-corrected chi connectivity index (χ2v) is 2.86. The fourth-order valence-corrected chi connectivity index (χ4v) is 1.22. The van der Waals surface area contributed by atoms with Crippen LogP contribution in [0.15, 0.2) is 0 Å². The third-order valence-electron chi connectivity index (χ3n) is 1.92. The van der Waals surface area contributed by atoms with Crippen LogP contribution in [0, 0.1) is 6.92 Å². The van der Waals surface area contributed by atoms with Gasteiger partial charge in [-0.2, -0.15) is 0 Å². The highest BCUT2D eigenvalue weighted by Gasteiger charge is 2.15. The molecule has 0 aliphatic carbocycles. The van der Waals surface area contributed by atoms with E-state index in [4.69, 9.17) is 4.74 Å². The second-order valence-electron chi connectivity index (χ2n) is 2.86. The molecule has 1 saturated heterocycles. The van der Waals surface area contributed by atoms with E-state index in [-0.39, 0.29) is 0 Å². The molecule has 2 N–H and O–H groups in total. The molecule has 65 valence electrons. The third kappa shape index (κ3) is 3.18. The van der Waals surface area contributed by atoms with Crippen molar-refractivity contribution in [2.75, 3.05) is 13.2 Å². The summed E-state index contributed by atoms with van der Waals surface area (Å²) in [5.41, 5.74) is 0. The molecule has 3 heteroatoms. The van der Waals surface area contributed by atoms with Crippen LogP contribution in [0.4, 0.5) is 0 Å². The minimum Gasteiger partial charge on any atom is -0.381 e. The summed E-state index contributed by atoms with van der Waals surface area (Å²) in [6, 6.07) is 0.417. The van der Waals surface area contributed by atoms with Crippen LogP contribution in [0.1, 0.15) is 19.3 Å². The molecule has 3 nitrogen and oxygen atoms in total. The first-order valence-electron chi connectivity index (χ1n) is 4.14. The van der Waals surface area contributed by atoms with Crippen LogP contribution in [0.2, 0.25) is 0 Å². The van der Waals surface area contributed by atoms with Gasteiger partial charge in [0.25, 0.3) is 0 Å². The summed E-state index contributed by atoms with van der Waals surface area (Å²) in [6.45, 7) is 5.22. The summed E-state index contributed by atoms with van der Waals surface area (Å²) in [6.07, 6.45) is 2.07. The molecule has 0 amide bonds. The smallest absolute Gasteiger partial charge is 0.105 e.